The van der Waals surface area contributed by atoms with Crippen LogP contribution >= 0.6 is 0 Å². The molecule has 3 N–H and O–H groups in total. The Morgan fingerprint density at radius 1 is 1.47 bits per heavy atom. The Balaban J connectivity index is 2.90. The van der Waals surface area contributed by atoms with Crippen molar-refractivity contribution >= 4 is 18.2 Å². The van der Waals surface area contributed by atoms with Gasteiger partial charge in [0.25, 0.3) is 0 Å². The van der Waals surface area contributed by atoms with Crippen molar-refractivity contribution in [2.75, 3.05) is 0 Å². The normalized spacial score (nSPS) is 20.9. The van der Waals surface area contributed by atoms with Crippen molar-refractivity contribution in [2.45, 2.75) is 12.5 Å². The van der Waals surface area contributed by atoms with Gasteiger partial charge in [0.1, 0.15) is 0 Å². The lowest BCUT2D eigenvalue weighted by molar-refractivity contribution is -0.138. The molecule has 15 heavy (non-hydrogen) atoms. The van der Waals surface area contributed by atoms with Crippen LogP contribution in [0.25, 0.3) is 0 Å². The zero-order chi connectivity index (χ0) is 11.4. The third-order valence-corrected chi connectivity index (χ3v) is 1.95. The molecular weight excluding hydrogens is 202 g/mol. The molecule has 1 rings (SSSR count). The molecule has 0 fully saturated rings. The van der Waals surface area contributed by atoms with Gasteiger partial charge in [-0.05, 0) is 11.6 Å². The number of dihydropyridines is 1. The number of hydrogen-bond donors (Lipinski definition) is 3. The molecule has 0 amide bonds. The van der Waals surface area contributed by atoms with Crippen LogP contribution in [-0.4, -0.2) is 39.5 Å². The zero-order valence-electron chi connectivity index (χ0n) is 7.62. The van der Waals surface area contributed by atoms with E-state index >= 15 is 0 Å². The SMILES string of the molecule is O=C(O)C(=CO)C1=CC=N[C@@H](C(=O)O)C1. The molecular formula is C9H9NO5. The van der Waals surface area contributed by atoms with Crippen molar-refractivity contribution in [1.29, 1.82) is 0 Å². The highest BCUT2D eigenvalue weighted by Crippen LogP contribution is 2.20. The van der Waals surface area contributed by atoms with Crippen LogP contribution in [0.5, 0.6) is 0 Å². The lowest BCUT2D eigenvalue weighted by atomic mass is 9.97. The zero-order valence-corrected chi connectivity index (χ0v) is 7.62. The molecule has 0 unspecified atom stereocenters. The number of carboxylic acids is 2. The third kappa shape index (κ3) is 2.43. The molecule has 1 atom stereocenters. The van der Waals surface area contributed by atoms with E-state index < -0.39 is 18.0 Å². The smallest absolute Gasteiger partial charge is 0.339 e. The van der Waals surface area contributed by atoms with Crippen molar-refractivity contribution in [2.24, 2.45) is 4.99 Å². The van der Waals surface area contributed by atoms with Gasteiger partial charge < -0.3 is 15.3 Å². The number of aliphatic hydroxyl groups is 1. The predicted octanol–water partition coefficient (Wildman–Crippen LogP) is 0.367. The van der Waals surface area contributed by atoms with E-state index in [4.69, 9.17) is 15.3 Å². The van der Waals surface area contributed by atoms with E-state index in [0.29, 0.717) is 6.26 Å². The number of allylic oxidation sites excluding steroid dienone is 1. The molecule has 0 radical (unpaired) electrons. The first-order valence-corrected chi connectivity index (χ1v) is 4.09. The number of nitrogens with zero attached hydrogens (tertiary/aromatic N) is 1. The van der Waals surface area contributed by atoms with E-state index in [0.717, 1.165) is 0 Å². The molecule has 0 saturated carbocycles. The first-order chi connectivity index (χ1) is 7.06. The van der Waals surface area contributed by atoms with Crippen LogP contribution < -0.4 is 0 Å². The Bertz CT molecular complexity index is 380. The van der Waals surface area contributed by atoms with Gasteiger partial charge in [0, 0.05) is 12.6 Å². The highest BCUT2D eigenvalue weighted by atomic mass is 16.4. The van der Waals surface area contributed by atoms with Gasteiger partial charge in [-0.2, -0.15) is 0 Å². The summed E-state index contributed by atoms with van der Waals surface area (Å²) in [6.07, 6.45) is 3.01. The molecule has 0 aromatic heterocycles. The number of hydrogen-bond acceptors (Lipinski definition) is 4. The van der Waals surface area contributed by atoms with Gasteiger partial charge >= 0.3 is 11.9 Å². The standard InChI is InChI=1S/C9H9NO5/c11-4-6(8(12)13)5-1-2-10-7(3-5)9(14)15/h1-2,4,7,11H,3H2,(H,12,13)(H,14,15)/t7-/m1/s1. The van der Waals surface area contributed by atoms with Crippen molar-refractivity contribution in [3.05, 3.63) is 23.5 Å². The first-order valence-electron chi connectivity index (χ1n) is 4.09. The monoisotopic (exact) mass is 211 g/mol. The largest absolute Gasteiger partial charge is 0.515 e. The molecule has 6 nitrogen and oxygen atoms in total. The second kappa shape index (κ2) is 4.41. The predicted molar refractivity (Wildman–Crippen MR) is 51.0 cm³/mol. The molecule has 0 spiro atoms. The minimum atomic E-state index is -1.30. The highest BCUT2D eigenvalue weighted by Gasteiger charge is 2.24. The summed E-state index contributed by atoms with van der Waals surface area (Å²) in [7, 11) is 0. The second-order valence-corrected chi connectivity index (χ2v) is 2.90. The molecule has 0 bridgehead atoms. The molecule has 0 saturated heterocycles. The molecule has 0 aliphatic carbocycles. The molecule has 1 heterocycles. The van der Waals surface area contributed by atoms with Gasteiger partial charge in [-0.25, -0.2) is 9.59 Å². The summed E-state index contributed by atoms with van der Waals surface area (Å²) in [5.41, 5.74) is -0.0696. The maximum atomic E-state index is 10.6. The van der Waals surface area contributed by atoms with Gasteiger partial charge in [0.2, 0.25) is 0 Å². The lowest BCUT2D eigenvalue weighted by Gasteiger charge is -2.14. The topological polar surface area (TPSA) is 107 Å². The van der Waals surface area contributed by atoms with Gasteiger partial charge in [0.05, 0.1) is 11.8 Å². The van der Waals surface area contributed by atoms with Gasteiger partial charge in [-0.3, -0.25) is 4.99 Å². The number of aliphatic imine (C=N–C) groups is 1. The van der Waals surface area contributed by atoms with E-state index in [1.165, 1.54) is 12.3 Å². The number of rotatable bonds is 3. The fourth-order valence-electron chi connectivity index (χ4n) is 1.19. The van der Waals surface area contributed by atoms with Crippen LogP contribution in [0.2, 0.25) is 0 Å². The van der Waals surface area contributed by atoms with Gasteiger partial charge in [0.15, 0.2) is 6.04 Å². The maximum absolute atomic E-state index is 10.6. The highest BCUT2D eigenvalue weighted by molar-refractivity contribution is 5.94. The Kier molecular flexibility index (Phi) is 3.22. The number of carbonyl (C=O) groups is 2. The van der Waals surface area contributed by atoms with Crippen molar-refractivity contribution < 1.29 is 24.9 Å². The summed E-state index contributed by atoms with van der Waals surface area (Å²) in [4.78, 5) is 24.9. The molecule has 1 aliphatic heterocycles. The summed E-state index contributed by atoms with van der Waals surface area (Å²) < 4.78 is 0. The van der Waals surface area contributed by atoms with Gasteiger partial charge in [-0.1, -0.05) is 0 Å². The minimum Gasteiger partial charge on any atom is -0.515 e. The Hall–Kier alpha value is -2.11. The number of carboxylic acid groups (broad SMARTS) is 2. The number of aliphatic hydroxyl groups excluding tert-OH is 1. The molecule has 0 aromatic carbocycles. The molecule has 1 aliphatic rings. The van der Waals surface area contributed by atoms with Crippen LogP contribution in [0.4, 0.5) is 0 Å². The maximum Gasteiger partial charge on any atom is 0.339 e. The van der Waals surface area contributed by atoms with Crippen molar-refractivity contribution in [3.63, 3.8) is 0 Å². The third-order valence-electron chi connectivity index (χ3n) is 1.95. The summed E-state index contributed by atoms with van der Waals surface area (Å²) in [5.74, 6) is -2.43. The van der Waals surface area contributed by atoms with E-state index in [1.54, 1.807) is 0 Å². The summed E-state index contributed by atoms with van der Waals surface area (Å²) >= 11 is 0. The summed E-state index contributed by atoms with van der Waals surface area (Å²) in [6, 6.07) is -0.987. The van der Waals surface area contributed by atoms with Crippen LogP contribution in [0, 0.1) is 0 Å². The number of aliphatic carboxylic acids is 2. The van der Waals surface area contributed by atoms with E-state index in [9.17, 15) is 9.59 Å². The van der Waals surface area contributed by atoms with Gasteiger partial charge in [-0.15, -0.1) is 0 Å². The molecule has 0 aromatic rings. The average Bonchev–Trinajstić information content (AvgIpc) is 2.18. The van der Waals surface area contributed by atoms with Crippen LogP contribution in [0.3, 0.4) is 0 Å². The molecule has 80 valence electrons. The fourth-order valence-corrected chi connectivity index (χ4v) is 1.19. The second-order valence-electron chi connectivity index (χ2n) is 2.90. The molecule has 6 heteroatoms. The Morgan fingerprint density at radius 3 is 2.60 bits per heavy atom. The average molecular weight is 211 g/mol. The minimum absolute atomic E-state index is 0.0372. The fraction of sp³-hybridized carbons (Fsp3) is 0.222. The van der Waals surface area contributed by atoms with Crippen molar-refractivity contribution in [3.8, 4) is 0 Å². The van der Waals surface area contributed by atoms with E-state index in [-0.39, 0.29) is 17.6 Å². The quantitative estimate of drug-likeness (QED) is 0.461. The Labute approximate surface area is 84.9 Å². The Morgan fingerprint density at radius 2 is 2.13 bits per heavy atom. The van der Waals surface area contributed by atoms with Crippen LogP contribution in [0.15, 0.2) is 28.5 Å². The summed E-state index contributed by atoms with van der Waals surface area (Å²) in [6.45, 7) is 0. The van der Waals surface area contributed by atoms with E-state index in [2.05, 4.69) is 4.99 Å². The lowest BCUT2D eigenvalue weighted by Crippen LogP contribution is -2.22. The van der Waals surface area contributed by atoms with Crippen LogP contribution in [-0.2, 0) is 9.59 Å². The van der Waals surface area contributed by atoms with Crippen molar-refractivity contribution in [1.82, 2.24) is 0 Å². The van der Waals surface area contributed by atoms with Crippen LogP contribution in [0.1, 0.15) is 6.42 Å². The first kappa shape index (κ1) is 11.0. The summed E-state index contributed by atoms with van der Waals surface area (Å²) in [5, 5.41) is 26.1. The van der Waals surface area contributed by atoms with E-state index in [1.807, 2.05) is 0 Å².